The molecule has 3 amide bonds. The van der Waals surface area contributed by atoms with Crippen molar-refractivity contribution in [1.29, 1.82) is 0 Å². The van der Waals surface area contributed by atoms with E-state index in [-0.39, 0.29) is 23.5 Å². The second-order valence-electron chi connectivity index (χ2n) is 8.73. The summed E-state index contributed by atoms with van der Waals surface area (Å²) in [6.07, 6.45) is 0.851. The number of amides is 3. The Bertz CT molecular complexity index is 857. The molecule has 0 saturated carbocycles. The van der Waals surface area contributed by atoms with Gasteiger partial charge in [0.1, 0.15) is 0 Å². The number of carbonyl (C=O) groups is 2. The third kappa shape index (κ3) is 6.49. The highest BCUT2D eigenvalue weighted by molar-refractivity contribution is 7.12. The van der Waals surface area contributed by atoms with Gasteiger partial charge in [0.25, 0.3) is 5.91 Å². The third-order valence-corrected chi connectivity index (χ3v) is 5.64. The first-order valence-corrected chi connectivity index (χ1v) is 11.1. The molecule has 0 bridgehead atoms. The van der Waals surface area contributed by atoms with Gasteiger partial charge in [-0.2, -0.15) is 0 Å². The molecule has 30 heavy (non-hydrogen) atoms. The van der Waals surface area contributed by atoms with Crippen molar-refractivity contribution in [3.63, 3.8) is 0 Å². The van der Waals surface area contributed by atoms with E-state index < -0.39 is 0 Å². The molecule has 0 fully saturated rings. The zero-order valence-electron chi connectivity index (χ0n) is 19.1. The molecule has 0 saturated heterocycles. The smallest absolute Gasteiger partial charge is 0.318 e. The van der Waals surface area contributed by atoms with Gasteiger partial charge in [0.05, 0.1) is 4.88 Å². The van der Waals surface area contributed by atoms with Crippen molar-refractivity contribution >= 4 is 34.6 Å². The van der Waals surface area contributed by atoms with Crippen LogP contribution in [0.1, 0.15) is 56.3 Å². The summed E-state index contributed by atoms with van der Waals surface area (Å²) in [7, 11) is 3.96. The second kappa shape index (κ2) is 9.98. The van der Waals surface area contributed by atoms with Gasteiger partial charge in [0.2, 0.25) is 0 Å². The fourth-order valence-electron chi connectivity index (χ4n) is 3.05. The molecule has 2 rings (SSSR count). The van der Waals surface area contributed by atoms with Crippen molar-refractivity contribution in [2.45, 2.75) is 59.2 Å². The van der Waals surface area contributed by atoms with E-state index >= 15 is 0 Å². The molecule has 0 aliphatic heterocycles. The van der Waals surface area contributed by atoms with E-state index in [0.29, 0.717) is 17.1 Å². The third-order valence-electron chi connectivity index (χ3n) is 4.77. The maximum absolute atomic E-state index is 13.0. The number of rotatable bonds is 7. The molecule has 2 aromatic rings. The van der Waals surface area contributed by atoms with Crippen LogP contribution in [0.5, 0.6) is 0 Å². The summed E-state index contributed by atoms with van der Waals surface area (Å²) in [6, 6.07) is 9.49. The number of carbonyl (C=O) groups excluding carboxylic acids is 2. The van der Waals surface area contributed by atoms with Gasteiger partial charge in [-0.1, -0.05) is 13.0 Å². The molecule has 1 aromatic heterocycles. The number of benzene rings is 1. The lowest BCUT2D eigenvalue weighted by Gasteiger charge is -2.33. The molecule has 0 radical (unpaired) electrons. The molecule has 164 valence electrons. The first kappa shape index (κ1) is 23.7. The van der Waals surface area contributed by atoms with Crippen LogP contribution in [0.2, 0.25) is 0 Å². The van der Waals surface area contributed by atoms with Gasteiger partial charge in [-0.25, -0.2) is 4.79 Å². The van der Waals surface area contributed by atoms with Crippen LogP contribution in [0.25, 0.3) is 0 Å². The Labute approximate surface area is 184 Å². The van der Waals surface area contributed by atoms with E-state index in [2.05, 4.69) is 24.5 Å². The zero-order valence-corrected chi connectivity index (χ0v) is 19.9. The maximum atomic E-state index is 13.0. The molecular weight excluding hydrogens is 396 g/mol. The minimum absolute atomic E-state index is 0.0757. The predicted octanol–water partition coefficient (Wildman–Crippen LogP) is 5.18. The number of nitrogens with one attached hydrogen (secondary N) is 2. The molecule has 2 N–H and O–H groups in total. The molecule has 0 aliphatic rings. The van der Waals surface area contributed by atoms with Gasteiger partial charge in [-0.15, -0.1) is 11.3 Å². The largest absolute Gasteiger partial charge is 0.377 e. The topological polar surface area (TPSA) is 64.7 Å². The molecular formula is C23H34N4O2S. The molecule has 1 atom stereocenters. The quantitative estimate of drug-likeness (QED) is 0.636. The Morgan fingerprint density at radius 1 is 1.17 bits per heavy atom. The normalized spacial score (nSPS) is 12.2. The van der Waals surface area contributed by atoms with Crippen LogP contribution >= 0.6 is 11.3 Å². The minimum Gasteiger partial charge on any atom is -0.377 e. The van der Waals surface area contributed by atoms with Crippen molar-refractivity contribution in [1.82, 2.24) is 10.2 Å². The summed E-state index contributed by atoms with van der Waals surface area (Å²) >= 11 is 1.41. The Morgan fingerprint density at radius 2 is 1.87 bits per heavy atom. The lowest BCUT2D eigenvalue weighted by Crippen LogP contribution is -2.51. The minimum atomic E-state index is -0.316. The number of urea groups is 1. The Hall–Kier alpha value is -2.54. The van der Waals surface area contributed by atoms with Crippen molar-refractivity contribution in [3.8, 4) is 0 Å². The number of nitrogens with zero attached hydrogens (tertiary/aromatic N) is 2. The fourth-order valence-corrected chi connectivity index (χ4v) is 3.67. The summed E-state index contributed by atoms with van der Waals surface area (Å²) in [5, 5.41) is 7.92. The van der Waals surface area contributed by atoms with Crippen molar-refractivity contribution in [2.24, 2.45) is 0 Å². The number of hydrogen-bond donors (Lipinski definition) is 2. The van der Waals surface area contributed by atoms with Crippen LogP contribution in [0.3, 0.4) is 0 Å². The van der Waals surface area contributed by atoms with Gasteiger partial charge in [0.15, 0.2) is 0 Å². The van der Waals surface area contributed by atoms with Gasteiger partial charge in [-0.3, -0.25) is 4.79 Å². The number of thiophene rings is 1. The van der Waals surface area contributed by atoms with E-state index in [0.717, 1.165) is 17.7 Å². The SMILES string of the molecule is CCC(C)N(Cc1cc(NC(=O)c2cccs2)ccc1N(C)C)C(=O)NC(C)(C)C. The van der Waals surface area contributed by atoms with E-state index in [9.17, 15) is 9.59 Å². The van der Waals surface area contributed by atoms with Crippen molar-refractivity contribution < 1.29 is 9.59 Å². The van der Waals surface area contributed by atoms with Crippen LogP contribution < -0.4 is 15.5 Å². The Balaban J connectivity index is 2.33. The Morgan fingerprint density at radius 3 is 2.40 bits per heavy atom. The molecule has 0 spiro atoms. The summed E-state index contributed by atoms with van der Waals surface area (Å²) in [5.41, 5.74) is 2.40. The maximum Gasteiger partial charge on any atom is 0.318 e. The number of hydrogen-bond acceptors (Lipinski definition) is 4. The first-order chi connectivity index (χ1) is 14.0. The fraction of sp³-hybridized carbons (Fsp3) is 0.478. The lowest BCUT2D eigenvalue weighted by molar-refractivity contribution is 0.103. The van der Waals surface area contributed by atoms with Crippen molar-refractivity contribution in [3.05, 3.63) is 46.2 Å². The van der Waals surface area contributed by atoms with Gasteiger partial charge < -0.3 is 20.4 Å². The summed E-state index contributed by atoms with van der Waals surface area (Å²) in [4.78, 5) is 30.0. The van der Waals surface area contributed by atoms with Gasteiger partial charge in [0, 0.05) is 43.6 Å². The Kier molecular flexibility index (Phi) is 7.89. The van der Waals surface area contributed by atoms with E-state index in [1.54, 1.807) is 6.07 Å². The van der Waals surface area contributed by atoms with Crippen LogP contribution in [-0.4, -0.2) is 42.5 Å². The first-order valence-electron chi connectivity index (χ1n) is 10.3. The van der Waals surface area contributed by atoms with Gasteiger partial charge in [-0.05, 0) is 69.3 Å². The lowest BCUT2D eigenvalue weighted by atomic mass is 10.1. The molecule has 6 nitrogen and oxygen atoms in total. The van der Waals surface area contributed by atoms with Crippen molar-refractivity contribution in [2.75, 3.05) is 24.3 Å². The summed E-state index contributed by atoms with van der Waals surface area (Å²) in [5.74, 6) is -0.127. The average molecular weight is 431 g/mol. The number of anilines is 2. The zero-order chi connectivity index (χ0) is 22.5. The van der Waals surface area contributed by atoms with E-state index in [4.69, 9.17) is 0 Å². The molecule has 1 heterocycles. The highest BCUT2D eigenvalue weighted by Crippen LogP contribution is 2.26. The standard InChI is InChI=1S/C23H34N4O2S/c1-8-16(2)27(22(29)25-23(3,4)5)15-17-14-18(11-12-19(17)26(6)7)24-21(28)20-10-9-13-30-20/h9-14,16H,8,15H2,1-7H3,(H,24,28)(H,25,29). The van der Waals surface area contributed by atoms with E-state index in [1.807, 2.05) is 74.3 Å². The second-order valence-corrected chi connectivity index (χ2v) is 9.68. The molecule has 7 heteroatoms. The monoisotopic (exact) mass is 430 g/mol. The average Bonchev–Trinajstić information content (AvgIpc) is 3.18. The molecule has 1 unspecified atom stereocenters. The van der Waals surface area contributed by atoms with Crippen LogP contribution in [0, 0.1) is 0 Å². The highest BCUT2D eigenvalue weighted by Gasteiger charge is 2.24. The van der Waals surface area contributed by atoms with Crippen LogP contribution in [0.15, 0.2) is 35.7 Å². The summed E-state index contributed by atoms with van der Waals surface area (Å²) in [6.45, 7) is 10.5. The summed E-state index contributed by atoms with van der Waals surface area (Å²) < 4.78 is 0. The molecule has 1 aromatic carbocycles. The predicted molar refractivity (Wildman–Crippen MR) is 127 cm³/mol. The van der Waals surface area contributed by atoms with Crippen LogP contribution in [0.4, 0.5) is 16.2 Å². The van der Waals surface area contributed by atoms with E-state index in [1.165, 1.54) is 11.3 Å². The van der Waals surface area contributed by atoms with Gasteiger partial charge >= 0.3 is 6.03 Å². The highest BCUT2D eigenvalue weighted by atomic mass is 32.1. The van der Waals surface area contributed by atoms with Crippen LogP contribution in [-0.2, 0) is 6.54 Å². The molecule has 0 aliphatic carbocycles.